The largest absolute Gasteiger partial charge is 0.497 e. The molecule has 0 unspecified atom stereocenters. The van der Waals surface area contributed by atoms with Gasteiger partial charge in [0.05, 0.1) is 55.4 Å². The smallest absolute Gasteiger partial charge is 0.183 e. The topological polar surface area (TPSA) is 118 Å². The Kier molecular flexibility index (Phi) is 43.0. The quantitative estimate of drug-likeness (QED) is 0.0514. The van der Waals surface area contributed by atoms with Crippen molar-refractivity contribution in [3.8, 4) is 69.0 Å². The Hall–Kier alpha value is -9.18. The van der Waals surface area contributed by atoms with Crippen molar-refractivity contribution in [2.24, 2.45) is 5.92 Å². The van der Waals surface area contributed by atoms with Gasteiger partial charge in [-0.15, -0.1) is 22.7 Å². The van der Waals surface area contributed by atoms with Gasteiger partial charge < -0.3 is 47.4 Å². The minimum Gasteiger partial charge on any atom is -0.497 e. The van der Waals surface area contributed by atoms with Crippen LogP contribution >= 0.6 is 45.9 Å². The summed E-state index contributed by atoms with van der Waals surface area (Å²) in [4.78, 5) is 10.2. The molecule has 16 heteroatoms. The van der Waals surface area contributed by atoms with E-state index in [0.717, 1.165) is 142 Å². The number of rotatable bonds is 26. The number of halogens is 2. The van der Waals surface area contributed by atoms with Gasteiger partial charge in [0.25, 0.3) is 0 Å². The first kappa shape index (κ1) is 104. The van der Waals surface area contributed by atoms with Crippen molar-refractivity contribution in [3.63, 3.8) is 0 Å². The Morgan fingerprint density at radius 3 is 1.20 bits per heavy atom. The lowest BCUT2D eigenvalue weighted by Gasteiger charge is -2.23. The summed E-state index contributed by atoms with van der Waals surface area (Å²) in [6.45, 7) is 63.7. The molecule has 0 spiro atoms. The Bertz CT molecular complexity index is 4770. The van der Waals surface area contributed by atoms with E-state index in [1.165, 1.54) is 50.3 Å². The molecule has 11 aromatic rings. The summed E-state index contributed by atoms with van der Waals surface area (Å²) in [6, 6.07) is 68.6. The van der Waals surface area contributed by atoms with E-state index in [1.807, 2.05) is 151 Å². The fraction of sp³-hybridized carbons (Fsp3) is 0.439. The normalized spacial score (nSPS) is 11.4. The SMILES string of the molecule is CC(C)(C)c1cccc(OCc2cnc(Cl)s2)c1.CC(C)(C)c1cccc(OCc2cncs2)c1.CC(C)(C)c1ccccc1Oc1ccccc1.CC(C)COc1ccc(Cl)cc1C(C)(C)C.CCCOc1cc(OCCC)cc(C(C)(C)C)c1.CCCOc1ccc(OCCC)c(C(C)(C)C)c1.COc1ccc(Oc2cccc(C(C)(C)C)c2)cc1. The predicted octanol–water partition coefficient (Wildman–Crippen LogP) is 32.0. The number of hydrogen-bond acceptors (Lipinski definition) is 14. The molecule has 0 aliphatic rings. The highest BCUT2D eigenvalue weighted by molar-refractivity contribution is 7.15. The molecule has 0 bridgehead atoms. The van der Waals surface area contributed by atoms with Crippen LogP contribution in [0.25, 0.3) is 0 Å². The summed E-state index contributed by atoms with van der Waals surface area (Å²) in [6.07, 6.45) is 7.69. The second kappa shape index (κ2) is 50.7. The van der Waals surface area contributed by atoms with Crippen LogP contribution in [0.4, 0.5) is 0 Å². The number of para-hydroxylation sites is 2. The summed E-state index contributed by atoms with van der Waals surface area (Å²) in [5.74, 6) is 11.3. The van der Waals surface area contributed by atoms with Gasteiger partial charge in [0.15, 0.2) is 4.47 Å². The monoisotopic (exact) mass is 1750 g/mol. The lowest BCUT2D eigenvalue weighted by atomic mass is 9.86. The first-order chi connectivity index (χ1) is 57.8. The van der Waals surface area contributed by atoms with Crippen LogP contribution in [0, 0.1) is 5.92 Å². The molecule has 0 radical (unpaired) electrons. The maximum atomic E-state index is 6.03. The molecule has 668 valence electrons. The van der Waals surface area contributed by atoms with Gasteiger partial charge in [0.2, 0.25) is 0 Å². The molecular weight excluding hydrogens is 1610 g/mol. The van der Waals surface area contributed by atoms with Gasteiger partial charge in [-0.3, -0.25) is 4.98 Å². The van der Waals surface area contributed by atoms with E-state index in [4.69, 9.17) is 70.6 Å². The van der Waals surface area contributed by atoms with Crippen molar-refractivity contribution >= 4 is 45.9 Å². The second-order valence-electron chi connectivity index (χ2n) is 37.7. The molecular formula is C107H144Cl2N2O10S2. The van der Waals surface area contributed by atoms with Crippen molar-refractivity contribution in [1.82, 2.24) is 9.97 Å². The molecule has 0 saturated heterocycles. The minimum absolute atomic E-state index is 0.0528. The van der Waals surface area contributed by atoms with Crippen LogP contribution in [0.3, 0.4) is 0 Å². The minimum atomic E-state index is 0.0528. The van der Waals surface area contributed by atoms with E-state index >= 15 is 0 Å². The van der Waals surface area contributed by atoms with Crippen LogP contribution in [-0.4, -0.2) is 50.1 Å². The number of ether oxygens (including phenoxy) is 10. The van der Waals surface area contributed by atoms with Crippen LogP contribution in [0.2, 0.25) is 9.49 Å². The van der Waals surface area contributed by atoms with Gasteiger partial charge in [-0.1, -0.05) is 283 Å². The number of hydrogen-bond donors (Lipinski definition) is 0. The van der Waals surface area contributed by atoms with Gasteiger partial charge in [-0.2, -0.15) is 0 Å². The van der Waals surface area contributed by atoms with Crippen LogP contribution < -0.4 is 47.4 Å². The zero-order chi connectivity index (χ0) is 91.2. The Labute approximate surface area is 759 Å². The second-order valence-corrected chi connectivity index (χ2v) is 40.8. The lowest BCUT2D eigenvalue weighted by Crippen LogP contribution is -2.15. The summed E-state index contributed by atoms with van der Waals surface area (Å²) in [5, 5.41) is 0.766. The zero-order valence-electron chi connectivity index (χ0n) is 79.3. The van der Waals surface area contributed by atoms with Crippen molar-refractivity contribution in [1.29, 1.82) is 0 Å². The lowest BCUT2D eigenvalue weighted by molar-refractivity contribution is 0.265. The third-order valence-electron chi connectivity index (χ3n) is 18.5. The van der Waals surface area contributed by atoms with Gasteiger partial charge >= 0.3 is 0 Å². The maximum absolute atomic E-state index is 6.03. The predicted molar refractivity (Wildman–Crippen MR) is 522 cm³/mol. The number of aromatic nitrogens is 2. The number of nitrogens with zero attached hydrogens (tertiary/aromatic N) is 2. The Balaban J connectivity index is 0.000000255. The number of thiazole rings is 2. The first-order valence-electron chi connectivity index (χ1n) is 43.3. The van der Waals surface area contributed by atoms with Crippen molar-refractivity contribution in [3.05, 3.63) is 282 Å². The van der Waals surface area contributed by atoms with E-state index in [2.05, 4.69) is 264 Å². The summed E-state index contributed by atoms with van der Waals surface area (Å²) in [5.41, 5.74) is 11.2. The fourth-order valence-electron chi connectivity index (χ4n) is 11.5. The van der Waals surface area contributed by atoms with Crippen LogP contribution in [0.5, 0.6) is 69.0 Å². The van der Waals surface area contributed by atoms with Crippen LogP contribution in [0.1, 0.15) is 261 Å². The Morgan fingerprint density at radius 1 is 0.325 bits per heavy atom. The molecule has 12 nitrogen and oxygen atoms in total. The molecule has 0 amide bonds. The number of benzene rings is 9. The third kappa shape index (κ3) is 39.7. The van der Waals surface area contributed by atoms with Crippen LogP contribution in [-0.2, 0) is 51.1 Å². The van der Waals surface area contributed by atoms with Crippen LogP contribution in [0.15, 0.2) is 224 Å². The molecule has 0 aliphatic carbocycles. The molecule has 2 heterocycles. The van der Waals surface area contributed by atoms with Gasteiger partial charge in [-0.05, 0) is 219 Å². The first-order valence-corrected chi connectivity index (χ1v) is 45.7. The van der Waals surface area contributed by atoms with Crippen molar-refractivity contribution in [2.45, 2.75) is 264 Å². The molecule has 0 atom stereocenters. The molecule has 0 fully saturated rings. The fourth-order valence-corrected chi connectivity index (χ4v) is 13.1. The van der Waals surface area contributed by atoms with Gasteiger partial charge in [0.1, 0.15) is 82.2 Å². The maximum Gasteiger partial charge on any atom is 0.183 e. The highest BCUT2D eigenvalue weighted by Gasteiger charge is 2.24. The van der Waals surface area contributed by atoms with E-state index in [1.54, 1.807) is 24.6 Å². The molecule has 11 rings (SSSR count). The van der Waals surface area contributed by atoms with E-state index in [-0.39, 0.29) is 37.9 Å². The molecule has 123 heavy (non-hydrogen) atoms. The Morgan fingerprint density at radius 2 is 0.732 bits per heavy atom. The zero-order valence-corrected chi connectivity index (χ0v) is 82.4. The molecule has 2 aromatic heterocycles. The summed E-state index contributed by atoms with van der Waals surface area (Å²) < 4.78 is 57.8. The highest BCUT2D eigenvalue weighted by Crippen LogP contribution is 2.39. The summed E-state index contributed by atoms with van der Waals surface area (Å²) in [7, 11) is 1.66. The van der Waals surface area contributed by atoms with E-state index < -0.39 is 0 Å². The average molecular weight is 1750 g/mol. The van der Waals surface area contributed by atoms with Gasteiger partial charge in [-0.25, -0.2) is 4.98 Å². The van der Waals surface area contributed by atoms with E-state index in [9.17, 15) is 0 Å². The van der Waals surface area contributed by atoms with E-state index in [0.29, 0.717) is 23.6 Å². The number of methoxy groups -OCH3 is 1. The van der Waals surface area contributed by atoms with Crippen molar-refractivity contribution in [2.75, 3.05) is 40.1 Å². The van der Waals surface area contributed by atoms with Crippen molar-refractivity contribution < 1.29 is 47.4 Å². The molecule has 0 N–H and O–H groups in total. The van der Waals surface area contributed by atoms with Gasteiger partial charge in [0, 0.05) is 40.2 Å². The summed E-state index contributed by atoms with van der Waals surface area (Å²) >= 11 is 14.9. The average Bonchev–Trinajstić information content (AvgIpc) is 1.13. The third-order valence-corrected chi connectivity index (χ3v) is 20.6. The molecule has 9 aromatic carbocycles. The standard InChI is InChI=1S/C17H20O2.2C16H26O2.C16H18O.C14H16ClNOS.C14H21ClO.C14H17NOS/c1-17(2,3)13-6-5-7-16(12-13)19-15-10-8-14(18-4)9-11-15;1-6-10-17-13-8-9-15(18-11-7-2)14(12-13)16(3,4)5;1-6-8-17-14-10-13(16(3,4)5)11-15(12-14)18-9-7-2;1-16(2,3)14-11-7-8-12-15(14)17-13-9-5-4-6-10-13;1-14(2,3)10-5-4-6-11(7-10)17-9-12-8-16-13(15)18-12;1-10(2)9-16-13-7-6-11(15)8-12(13)14(3,4)5;1-14(2,3)11-5-4-6-12(7-11)16-9-13-8-15-10-17-13/h5-12H,1-4H3;8-9,12H,6-7,10-11H2,1-5H3;10-12H,6-9H2,1-5H3;4-12H,1-3H3;4-8H,9H2,1-3H3;6-8,10H,9H2,1-5H3;4-8,10H,9H2,1-3H3. The molecule has 0 aliphatic heterocycles. The molecule has 0 saturated carbocycles. The highest BCUT2D eigenvalue weighted by atomic mass is 35.5.